The number of hydrogen-bond acceptors (Lipinski definition) is 3. The molecule has 2 aromatic rings. The average molecular weight is 515 g/mol. The Hall–Kier alpha value is -4.50. The summed E-state index contributed by atoms with van der Waals surface area (Å²) in [5.74, 6) is 0. The normalized spacial score (nSPS) is 18.8. The standard InChI is InChI=1S/C36H38N2O/c1-28-13-10-11-24-38(35-21-19-33(20-22-35)32-16-8-5-9-17-32)25-12-18-36(30(28)3)37-34(23-26-39)27-29(2)31-14-6-4-7-15-31/h4-8,10-15,17-23,26-27,37,39H,2,9,16,24-25H2,1,3H3/b11-10-,18-12?,26-23-,28-13+,34-27+,36-30?. The first-order valence-corrected chi connectivity index (χ1v) is 13.5. The fourth-order valence-electron chi connectivity index (χ4n) is 4.59. The third-order valence-electron chi connectivity index (χ3n) is 7.03. The van der Waals surface area contributed by atoms with E-state index in [4.69, 9.17) is 0 Å². The van der Waals surface area contributed by atoms with Crippen LogP contribution in [-0.4, -0.2) is 18.2 Å². The van der Waals surface area contributed by atoms with E-state index in [1.54, 1.807) is 6.08 Å². The van der Waals surface area contributed by atoms with Gasteiger partial charge in [-0.2, -0.15) is 0 Å². The molecule has 1 aliphatic carbocycles. The molecule has 1 heterocycles. The van der Waals surface area contributed by atoms with Gasteiger partial charge in [-0.1, -0.05) is 91.6 Å². The van der Waals surface area contributed by atoms with Gasteiger partial charge in [-0.05, 0) is 90.5 Å². The van der Waals surface area contributed by atoms with Gasteiger partial charge in [-0.15, -0.1) is 0 Å². The van der Waals surface area contributed by atoms with Crippen LogP contribution in [-0.2, 0) is 0 Å². The van der Waals surface area contributed by atoms with Crippen LogP contribution in [0.4, 0.5) is 5.69 Å². The van der Waals surface area contributed by atoms with Gasteiger partial charge in [0.1, 0.15) is 0 Å². The molecule has 0 atom stereocenters. The topological polar surface area (TPSA) is 35.5 Å². The number of nitrogens with zero attached hydrogens (tertiary/aromatic N) is 1. The monoisotopic (exact) mass is 514 g/mol. The number of aliphatic hydroxyl groups excluding tert-OH is 1. The van der Waals surface area contributed by atoms with Gasteiger partial charge in [0.25, 0.3) is 0 Å². The molecule has 0 bridgehead atoms. The van der Waals surface area contributed by atoms with Crippen LogP contribution in [0.1, 0.15) is 37.8 Å². The van der Waals surface area contributed by atoms with Crippen LogP contribution in [0.3, 0.4) is 0 Å². The summed E-state index contributed by atoms with van der Waals surface area (Å²) < 4.78 is 0. The van der Waals surface area contributed by atoms with Crippen LogP contribution >= 0.6 is 0 Å². The molecule has 1 aliphatic heterocycles. The molecule has 0 fully saturated rings. The fraction of sp³-hybridized carbons (Fsp3) is 0.167. The lowest BCUT2D eigenvalue weighted by Crippen LogP contribution is -2.23. The lowest BCUT2D eigenvalue weighted by atomic mass is 9.98. The van der Waals surface area contributed by atoms with Gasteiger partial charge in [-0.3, -0.25) is 0 Å². The fourth-order valence-corrected chi connectivity index (χ4v) is 4.59. The number of aliphatic hydroxyl groups is 1. The van der Waals surface area contributed by atoms with E-state index in [2.05, 4.69) is 104 Å². The molecule has 2 aromatic carbocycles. The molecule has 4 rings (SSSR count). The molecule has 0 amide bonds. The van der Waals surface area contributed by atoms with Crippen LogP contribution in [0, 0.1) is 0 Å². The van der Waals surface area contributed by atoms with Gasteiger partial charge in [0.05, 0.1) is 6.26 Å². The molecule has 2 aliphatic rings. The van der Waals surface area contributed by atoms with Crippen molar-refractivity contribution in [3.8, 4) is 0 Å². The quantitative estimate of drug-likeness (QED) is 0.220. The number of rotatable bonds is 7. The van der Waals surface area contributed by atoms with Gasteiger partial charge in [0.15, 0.2) is 0 Å². The highest BCUT2D eigenvalue weighted by Crippen LogP contribution is 2.26. The van der Waals surface area contributed by atoms with Crippen molar-refractivity contribution in [1.82, 2.24) is 5.32 Å². The Labute approximate surface area is 233 Å². The Kier molecular flexibility index (Phi) is 9.80. The molecule has 0 radical (unpaired) electrons. The Morgan fingerprint density at radius 1 is 0.949 bits per heavy atom. The van der Waals surface area contributed by atoms with Crippen molar-refractivity contribution < 1.29 is 5.11 Å². The molecular weight excluding hydrogens is 476 g/mol. The molecule has 198 valence electrons. The zero-order valence-electron chi connectivity index (χ0n) is 23.0. The van der Waals surface area contributed by atoms with Crippen LogP contribution in [0.15, 0.2) is 151 Å². The smallest absolute Gasteiger partial charge is 0.0812 e. The van der Waals surface area contributed by atoms with E-state index in [0.29, 0.717) is 0 Å². The molecule has 39 heavy (non-hydrogen) atoms. The van der Waals surface area contributed by atoms with E-state index >= 15 is 0 Å². The maximum atomic E-state index is 9.59. The summed E-state index contributed by atoms with van der Waals surface area (Å²) in [5.41, 5.74) is 9.80. The number of allylic oxidation sites excluding steroid dienone is 12. The predicted octanol–water partition coefficient (Wildman–Crippen LogP) is 8.83. The summed E-state index contributed by atoms with van der Waals surface area (Å²) in [5, 5.41) is 13.1. The van der Waals surface area contributed by atoms with Gasteiger partial charge < -0.3 is 15.3 Å². The van der Waals surface area contributed by atoms with Crippen LogP contribution in [0.25, 0.3) is 11.1 Å². The van der Waals surface area contributed by atoms with Crippen molar-refractivity contribution in [3.63, 3.8) is 0 Å². The third-order valence-corrected chi connectivity index (χ3v) is 7.03. The summed E-state index contributed by atoms with van der Waals surface area (Å²) in [4.78, 5) is 2.36. The summed E-state index contributed by atoms with van der Waals surface area (Å²) in [6.45, 7) is 10.0. The lowest BCUT2D eigenvalue weighted by Gasteiger charge is -2.22. The first-order chi connectivity index (χ1) is 19.0. The van der Waals surface area contributed by atoms with Crippen LogP contribution < -0.4 is 10.2 Å². The number of benzene rings is 2. The molecule has 0 aromatic heterocycles. The maximum Gasteiger partial charge on any atom is 0.0812 e. The number of anilines is 1. The molecule has 0 unspecified atom stereocenters. The Bertz CT molecular complexity index is 1390. The molecule has 0 saturated carbocycles. The van der Waals surface area contributed by atoms with Crippen molar-refractivity contribution in [2.45, 2.75) is 26.7 Å². The zero-order valence-corrected chi connectivity index (χ0v) is 23.0. The molecule has 3 nitrogen and oxygen atoms in total. The Morgan fingerprint density at radius 3 is 2.44 bits per heavy atom. The van der Waals surface area contributed by atoms with E-state index in [0.717, 1.165) is 60.3 Å². The van der Waals surface area contributed by atoms with E-state index in [1.807, 2.05) is 36.4 Å². The maximum absolute atomic E-state index is 9.59. The minimum atomic E-state index is 0.753. The minimum Gasteiger partial charge on any atom is -0.516 e. The van der Waals surface area contributed by atoms with Gasteiger partial charge in [0.2, 0.25) is 0 Å². The van der Waals surface area contributed by atoms with Gasteiger partial charge in [0, 0.05) is 30.2 Å². The first-order valence-electron chi connectivity index (χ1n) is 13.5. The first kappa shape index (κ1) is 27.5. The van der Waals surface area contributed by atoms with Crippen LogP contribution in [0.2, 0.25) is 0 Å². The van der Waals surface area contributed by atoms with E-state index in [9.17, 15) is 5.11 Å². The highest BCUT2D eigenvalue weighted by molar-refractivity contribution is 5.73. The third kappa shape index (κ3) is 7.75. The predicted molar refractivity (Wildman–Crippen MR) is 168 cm³/mol. The average Bonchev–Trinajstić information content (AvgIpc) is 3.00. The summed E-state index contributed by atoms with van der Waals surface area (Å²) in [6.07, 6.45) is 24.2. The summed E-state index contributed by atoms with van der Waals surface area (Å²) >= 11 is 0. The number of nitrogens with one attached hydrogen (secondary N) is 1. The van der Waals surface area contributed by atoms with Crippen molar-refractivity contribution in [1.29, 1.82) is 0 Å². The van der Waals surface area contributed by atoms with Crippen molar-refractivity contribution in [3.05, 3.63) is 162 Å². The van der Waals surface area contributed by atoms with Crippen LogP contribution in [0.5, 0.6) is 0 Å². The molecular formula is C36H38N2O. The summed E-state index contributed by atoms with van der Waals surface area (Å²) in [7, 11) is 0. The second-order valence-corrected chi connectivity index (χ2v) is 9.74. The Balaban J connectivity index is 1.57. The molecule has 0 saturated heterocycles. The van der Waals surface area contributed by atoms with E-state index in [1.165, 1.54) is 22.4 Å². The van der Waals surface area contributed by atoms with Crippen molar-refractivity contribution in [2.24, 2.45) is 0 Å². The minimum absolute atomic E-state index is 0.753. The Morgan fingerprint density at radius 2 is 1.72 bits per heavy atom. The second kappa shape index (κ2) is 13.9. The second-order valence-electron chi connectivity index (χ2n) is 9.74. The highest BCUT2D eigenvalue weighted by Gasteiger charge is 2.09. The van der Waals surface area contributed by atoms with Gasteiger partial charge >= 0.3 is 0 Å². The van der Waals surface area contributed by atoms with Gasteiger partial charge in [-0.25, -0.2) is 0 Å². The lowest BCUT2D eigenvalue weighted by molar-refractivity contribution is 0.473. The molecule has 3 heteroatoms. The SMILES string of the molecule is C=C(/C=C(\C=C/O)NC1=C(C)/C(C)=C/C=C\CN(c2ccc(C3=CCC=CC3)cc2)CC=C1)c1ccccc1. The van der Waals surface area contributed by atoms with E-state index in [-0.39, 0.29) is 0 Å². The van der Waals surface area contributed by atoms with Crippen molar-refractivity contribution in [2.75, 3.05) is 18.0 Å². The largest absolute Gasteiger partial charge is 0.516 e. The van der Waals surface area contributed by atoms with Crippen molar-refractivity contribution >= 4 is 16.8 Å². The molecule has 0 spiro atoms. The van der Waals surface area contributed by atoms with E-state index < -0.39 is 0 Å². The summed E-state index contributed by atoms with van der Waals surface area (Å²) in [6, 6.07) is 18.9. The molecule has 2 N–H and O–H groups in total. The zero-order chi connectivity index (χ0) is 27.5. The number of hydrogen-bond donors (Lipinski definition) is 2. The highest BCUT2D eigenvalue weighted by atomic mass is 16.2.